The second-order valence-corrected chi connectivity index (χ2v) is 6.79. The largest absolute Gasteiger partial charge is 0.324 e. The highest BCUT2D eigenvalue weighted by Gasteiger charge is 2.28. The molecule has 8 heteroatoms. The molecule has 1 aliphatic heterocycles. The lowest BCUT2D eigenvalue weighted by Gasteiger charge is -2.26. The molecule has 0 aliphatic carbocycles. The lowest BCUT2D eigenvalue weighted by molar-refractivity contribution is -0.127. The summed E-state index contributed by atoms with van der Waals surface area (Å²) >= 11 is 13.4. The zero-order valence-electron chi connectivity index (χ0n) is 12.0. The number of likely N-dealkylation sites (tertiary alicyclic amines) is 1. The summed E-state index contributed by atoms with van der Waals surface area (Å²) in [4.78, 5) is 32.1. The van der Waals surface area contributed by atoms with Crippen molar-refractivity contribution < 1.29 is 9.59 Å². The molecule has 0 unspecified atom stereocenters. The summed E-state index contributed by atoms with van der Waals surface area (Å²) < 4.78 is 0. The number of amides is 2. The van der Waals surface area contributed by atoms with E-state index in [0.29, 0.717) is 28.7 Å². The first kappa shape index (κ1) is 16.2. The molecule has 1 aromatic heterocycles. The van der Waals surface area contributed by atoms with Gasteiger partial charge in [-0.3, -0.25) is 14.5 Å². The van der Waals surface area contributed by atoms with E-state index in [-0.39, 0.29) is 23.5 Å². The summed E-state index contributed by atoms with van der Waals surface area (Å²) in [6.07, 6.45) is 2.94. The molecule has 2 aromatic rings. The van der Waals surface area contributed by atoms with Gasteiger partial charge in [0.1, 0.15) is 6.67 Å². The molecule has 0 bridgehead atoms. The quantitative estimate of drug-likeness (QED) is 0.825. The molecule has 2 amide bonds. The highest BCUT2D eigenvalue weighted by molar-refractivity contribution is 7.13. The van der Waals surface area contributed by atoms with Crippen LogP contribution >= 0.6 is 34.5 Å². The van der Waals surface area contributed by atoms with Gasteiger partial charge in [-0.25, -0.2) is 4.98 Å². The predicted octanol–water partition coefficient (Wildman–Crippen LogP) is 3.68. The lowest BCUT2D eigenvalue weighted by atomic mass is 10.2. The van der Waals surface area contributed by atoms with Crippen molar-refractivity contribution in [1.82, 2.24) is 9.88 Å². The third-order valence-electron chi connectivity index (χ3n) is 3.54. The number of nitrogens with zero attached hydrogens (tertiary/aromatic N) is 3. The van der Waals surface area contributed by atoms with Gasteiger partial charge in [0.15, 0.2) is 5.13 Å². The molecule has 5 nitrogen and oxygen atoms in total. The third-order valence-corrected chi connectivity index (χ3v) is 4.88. The van der Waals surface area contributed by atoms with Crippen LogP contribution in [0.25, 0.3) is 0 Å². The Morgan fingerprint density at radius 3 is 2.83 bits per heavy atom. The monoisotopic (exact) mass is 369 g/mol. The fourth-order valence-corrected chi connectivity index (χ4v) is 3.52. The van der Waals surface area contributed by atoms with E-state index in [1.54, 1.807) is 28.6 Å². The summed E-state index contributed by atoms with van der Waals surface area (Å²) in [6, 6.07) is 4.72. The number of carbonyl (C=O) groups excluding carboxylic acids is 2. The van der Waals surface area contributed by atoms with Crippen LogP contribution in [0, 0.1) is 0 Å². The minimum absolute atomic E-state index is 0.0431. The van der Waals surface area contributed by atoms with E-state index in [0.717, 1.165) is 6.42 Å². The highest BCUT2D eigenvalue weighted by Crippen LogP contribution is 2.26. The van der Waals surface area contributed by atoms with Gasteiger partial charge in [0, 0.05) is 29.6 Å². The van der Waals surface area contributed by atoms with Crippen LogP contribution in [0.4, 0.5) is 5.13 Å². The van der Waals surface area contributed by atoms with Crippen LogP contribution < -0.4 is 4.90 Å². The Hall–Kier alpha value is -1.63. The van der Waals surface area contributed by atoms with Crippen molar-refractivity contribution >= 4 is 51.5 Å². The van der Waals surface area contributed by atoms with Crippen molar-refractivity contribution in [2.75, 3.05) is 18.1 Å². The number of hydrogen-bond donors (Lipinski definition) is 0. The Morgan fingerprint density at radius 1 is 1.39 bits per heavy atom. The van der Waals surface area contributed by atoms with Crippen LogP contribution in [0.1, 0.15) is 23.2 Å². The first-order valence-corrected chi connectivity index (χ1v) is 8.64. The SMILES string of the molecule is O=C1CCCN1CN(C(=O)c1ccc(Cl)cc1Cl)c1nccs1. The van der Waals surface area contributed by atoms with Crippen molar-refractivity contribution in [2.24, 2.45) is 0 Å². The minimum Gasteiger partial charge on any atom is -0.324 e. The van der Waals surface area contributed by atoms with E-state index >= 15 is 0 Å². The number of halogens is 2. The van der Waals surface area contributed by atoms with Gasteiger partial charge in [-0.15, -0.1) is 11.3 Å². The van der Waals surface area contributed by atoms with Gasteiger partial charge >= 0.3 is 0 Å². The number of benzene rings is 1. The summed E-state index contributed by atoms with van der Waals surface area (Å²) in [5, 5.41) is 3.05. The molecule has 0 N–H and O–H groups in total. The fraction of sp³-hybridized carbons (Fsp3) is 0.267. The molecule has 1 aliphatic rings. The van der Waals surface area contributed by atoms with Crippen molar-refractivity contribution in [3.8, 4) is 0 Å². The number of aromatic nitrogens is 1. The first-order valence-electron chi connectivity index (χ1n) is 7.00. The van der Waals surface area contributed by atoms with Gasteiger partial charge < -0.3 is 4.90 Å². The Bertz CT molecular complexity index is 736. The maximum atomic E-state index is 12.9. The van der Waals surface area contributed by atoms with E-state index in [1.807, 2.05) is 0 Å². The van der Waals surface area contributed by atoms with E-state index in [4.69, 9.17) is 23.2 Å². The molecule has 0 spiro atoms. The summed E-state index contributed by atoms with van der Waals surface area (Å²) in [5.74, 6) is -0.261. The molecule has 0 atom stereocenters. The van der Waals surface area contributed by atoms with Gasteiger partial charge in [0.05, 0.1) is 10.6 Å². The summed E-state index contributed by atoms with van der Waals surface area (Å²) in [5.41, 5.74) is 0.331. The molecule has 0 saturated carbocycles. The molecule has 1 aromatic carbocycles. The van der Waals surface area contributed by atoms with Crippen LogP contribution in [0.15, 0.2) is 29.8 Å². The molecule has 1 saturated heterocycles. The second kappa shape index (κ2) is 6.86. The van der Waals surface area contributed by atoms with E-state index in [2.05, 4.69) is 4.98 Å². The summed E-state index contributed by atoms with van der Waals surface area (Å²) in [7, 11) is 0. The first-order chi connectivity index (χ1) is 11.1. The Kier molecular flexibility index (Phi) is 4.84. The Balaban J connectivity index is 1.91. The number of thiazole rings is 1. The summed E-state index contributed by atoms with van der Waals surface area (Å²) in [6.45, 7) is 0.812. The van der Waals surface area contributed by atoms with Crippen LogP contribution in [-0.4, -0.2) is 34.9 Å². The molecule has 1 fully saturated rings. The Morgan fingerprint density at radius 2 is 2.22 bits per heavy atom. The van der Waals surface area contributed by atoms with Gasteiger partial charge in [0.25, 0.3) is 5.91 Å². The van der Waals surface area contributed by atoms with Crippen molar-refractivity contribution in [1.29, 1.82) is 0 Å². The fourth-order valence-electron chi connectivity index (χ4n) is 2.39. The smallest absolute Gasteiger partial charge is 0.263 e. The third kappa shape index (κ3) is 3.49. The maximum Gasteiger partial charge on any atom is 0.263 e. The molecule has 0 radical (unpaired) electrons. The molecule has 3 rings (SSSR count). The van der Waals surface area contributed by atoms with Crippen LogP contribution in [-0.2, 0) is 4.79 Å². The van der Waals surface area contributed by atoms with Crippen LogP contribution in [0.2, 0.25) is 10.0 Å². The number of carbonyl (C=O) groups is 2. The topological polar surface area (TPSA) is 53.5 Å². The second-order valence-electron chi connectivity index (χ2n) is 5.07. The predicted molar refractivity (Wildman–Crippen MR) is 91.2 cm³/mol. The van der Waals surface area contributed by atoms with Crippen molar-refractivity contribution in [2.45, 2.75) is 12.8 Å². The van der Waals surface area contributed by atoms with Gasteiger partial charge in [-0.1, -0.05) is 23.2 Å². The van der Waals surface area contributed by atoms with Crippen molar-refractivity contribution in [3.05, 3.63) is 45.4 Å². The van der Waals surface area contributed by atoms with Gasteiger partial charge in [0.2, 0.25) is 5.91 Å². The number of anilines is 1. The normalized spacial score (nSPS) is 14.3. The molecular weight excluding hydrogens is 357 g/mol. The molecule has 23 heavy (non-hydrogen) atoms. The average Bonchev–Trinajstić information content (AvgIpc) is 3.16. The number of hydrogen-bond acceptors (Lipinski definition) is 4. The van der Waals surface area contributed by atoms with E-state index in [1.165, 1.54) is 22.3 Å². The Labute approximate surface area is 147 Å². The highest BCUT2D eigenvalue weighted by atomic mass is 35.5. The van der Waals surface area contributed by atoms with E-state index < -0.39 is 0 Å². The van der Waals surface area contributed by atoms with Gasteiger partial charge in [-0.05, 0) is 24.6 Å². The lowest BCUT2D eigenvalue weighted by Crippen LogP contribution is -2.42. The van der Waals surface area contributed by atoms with Crippen molar-refractivity contribution in [3.63, 3.8) is 0 Å². The zero-order valence-corrected chi connectivity index (χ0v) is 14.4. The van der Waals surface area contributed by atoms with E-state index in [9.17, 15) is 9.59 Å². The van der Waals surface area contributed by atoms with Crippen LogP contribution in [0.5, 0.6) is 0 Å². The molecule has 2 heterocycles. The maximum absolute atomic E-state index is 12.9. The minimum atomic E-state index is -0.304. The van der Waals surface area contributed by atoms with Crippen LogP contribution in [0.3, 0.4) is 0 Å². The number of rotatable bonds is 4. The molecule has 120 valence electrons. The molecular formula is C15H13Cl2N3O2S. The average molecular weight is 370 g/mol. The zero-order chi connectivity index (χ0) is 16.4. The van der Waals surface area contributed by atoms with Gasteiger partial charge in [-0.2, -0.15) is 0 Å². The standard InChI is InChI=1S/C15H13Cl2N3O2S/c16-10-3-4-11(12(17)8-10)14(22)20(15-18-5-7-23-15)9-19-6-1-2-13(19)21/h3-5,7-8H,1-2,6,9H2.